The maximum atomic E-state index is 5.66. The van der Waals surface area contributed by atoms with Gasteiger partial charge in [0.2, 0.25) is 0 Å². The Morgan fingerprint density at radius 2 is 2.57 bits per heavy atom. The first-order valence-electron chi connectivity index (χ1n) is 5.22. The van der Waals surface area contributed by atoms with Crippen molar-refractivity contribution in [2.45, 2.75) is 31.4 Å². The predicted octanol–water partition coefficient (Wildman–Crippen LogP) is 0.559. The summed E-state index contributed by atoms with van der Waals surface area (Å²) in [5.74, 6) is 0. The summed E-state index contributed by atoms with van der Waals surface area (Å²) >= 11 is 0. The molecule has 0 aliphatic carbocycles. The molecular formula is C10H15N3O. The molecule has 1 spiro atoms. The molecule has 14 heavy (non-hydrogen) atoms. The van der Waals surface area contributed by atoms with E-state index in [2.05, 4.69) is 22.2 Å². The van der Waals surface area contributed by atoms with E-state index < -0.39 is 0 Å². The lowest BCUT2D eigenvalue weighted by atomic mass is 9.84. The number of rotatable bonds is 0. The van der Waals surface area contributed by atoms with Gasteiger partial charge >= 0.3 is 0 Å². The zero-order valence-corrected chi connectivity index (χ0v) is 8.34. The summed E-state index contributed by atoms with van der Waals surface area (Å²) in [7, 11) is 0. The number of hydrogen-bond acceptors (Lipinski definition) is 3. The summed E-state index contributed by atoms with van der Waals surface area (Å²) < 4.78 is 5.66. The van der Waals surface area contributed by atoms with Crippen LogP contribution >= 0.6 is 0 Å². The van der Waals surface area contributed by atoms with Gasteiger partial charge in [-0.3, -0.25) is 0 Å². The van der Waals surface area contributed by atoms with E-state index in [0.717, 1.165) is 26.0 Å². The van der Waals surface area contributed by atoms with Gasteiger partial charge in [-0.2, -0.15) is 0 Å². The van der Waals surface area contributed by atoms with E-state index in [-0.39, 0.29) is 11.6 Å². The van der Waals surface area contributed by atoms with Gasteiger partial charge in [0.1, 0.15) is 0 Å². The first-order valence-corrected chi connectivity index (χ1v) is 5.22. The van der Waals surface area contributed by atoms with Gasteiger partial charge in [0.05, 0.1) is 23.7 Å². The monoisotopic (exact) mass is 193 g/mol. The fourth-order valence-corrected chi connectivity index (χ4v) is 2.68. The Hall–Kier alpha value is -0.870. The Balaban J connectivity index is 2.10. The maximum absolute atomic E-state index is 5.66. The summed E-state index contributed by atoms with van der Waals surface area (Å²) in [6.45, 7) is 3.98. The molecule has 0 unspecified atom stereocenters. The molecule has 1 aromatic rings. The lowest BCUT2D eigenvalue weighted by molar-refractivity contribution is 0.0780. The number of fused-ring (bicyclic) bond motifs is 2. The Bertz CT molecular complexity index is 349. The van der Waals surface area contributed by atoms with Crippen molar-refractivity contribution in [2.24, 2.45) is 0 Å². The Morgan fingerprint density at radius 3 is 3.36 bits per heavy atom. The van der Waals surface area contributed by atoms with Crippen molar-refractivity contribution in [2.75, 3.05) is 13.2 Å². The van der Waals surface area contributed by atoms with Gasteiger partial charge in [0.25, 0.3) is 0 Å². The highest BCUT2D eigenvalue weighted by Crippen LogP contribution is 2.38. The molecule has 0 saturated carbocycles. The van der Waals surface area contributed by atoms with Crippen LogP contribution in [0.25, 0.3) is 0 Å². The van der Waals surface area contributed by atoms with Crippen molar-refractivity contribution in [3.05, 3.63) is 17.7 Å². The average molecular weight is 193 g/mol. The number of nitrogens with one attached hydrogen (secondary N) is 2. The van der Waals surface area contributed by atoms with Crippen LogP contribution in [-0.2, 0) is 16.7 Å². The molecule has 2 aliphatic rings. The molecule has 0 amide bonds. The number of ether oxygens (including phenoxy) is 1. The fourth-order valence-electron chi connectivity index (χ4n) is 2.68. The highest BCUT2D eigenvalue weighted by molar-refractivity contribution is 5.28. The van der Waals surface area contributed by atoms with Crippen LogP contribution in [-0.4, -0.2) is 29.2 Å². The molecule has 1 aromatic heterocycles. The standard InChI is InChI=1S/C10H15N3O/c1-7-10(3-5-14-7)9-8(2-4-13-10)11-6-12-9/h6-7,13H,2-5H2,1H3,(H,11,12)/t7-,10-/m1/s1. The lowest BCUT2D eigenvalue weighted by Gasteiger charge is -2.36. The Kier molecular flexibility index (Phi) is 1.69. The van der Waals surface area contributed by atoms with Gasteiger partial charge in [-0.15, -0.1) is 0 Å². The molecule has 0 aromatic carbocycles. The minimum absolute atomic E-state index is 0.0203. The van der Waals surface area contributed by atoms with Crippen molar-refractivity contribution >= 4 is 0 Å². The third kappa shape index (κ3) is 0.925. The van der Waals surface area contributed by atoms with Crippen LogP contribution in [0.15, 0.2) is 6.33 Å². The number of nitrogens with zero attached hydrogens (tertiary/aromatic N) is 1. The van der Waals surface area contributed by atoms with Gasteiger partial charge < -0.3 is 15.0 Å². The predicted molar refractivity (Wildman–Crippen MR) is 52.0 cm³/mol. The minimum atomic E-state index is -0.0203. The molecule has 2 aliphatic heterocycles. The van der Waals surface area contributed by atoms with E-state index in [0.29, 0.717) is 0 Å². The largest absolute Gasteiger partial charge is 0.376 e. The first-order chi connectivity index (χ1) is 6.83. The molecule has 2 N–H and O–H groups in total. The van der Waals surface area contributed by atoms with Crippen LogP contribution in [0.1, 0.15) is 24.7 Å². The molecule has 4 nitrogen and oxygen atoms in total. The first kappa shape index (κ1) is 8.44. The normalized spacial score (nSPS) is 36.2. The SMILES string of the molecule is C[C@H]1OCC[C@@]12NCCc1[nH]cnc12. The zero-order valence-electron chi connectivity index (χ0n) is 8.34. The minimum Gasteiger partial charge on any atom is -0.376 e. The van der Waals surface area contributed by atoms with E-state index in [9.17, 15) is 0 Å². The van der Waals surface area contributed by atoms with Gasteiger partial charge in [-0.25, -0.2) is 4.98 Å². The Labute approximate surface area is 83.1 Å². The number of aromatic nitrogens is 2. The third-order valence-electron chi connectivity index (χ3n) is 3.51. The second-order valence-electron chi connectivity index (χ2n) is 4.14. The number of imidazole rings is 1. The quantitative estimate of drug-likeness (QED) is 0.633. The van der Waals surface area contributed by atoms with E-state index in [1.807, 2.05) is 0 Å². The smallest absolute Gasteiger partial charge is 0.0926 e. The van der Waals surface area contributed by atoms with E-state index in [1.54, 1.807) is 6.33 Å². The molecule has 3 rings (SSSR count). The zero-order chi connectivity index (χ0) is 9.60. The van der Waals surface area contributed by atoms with Gasteiger partial charge in [0, 0.05) is 25.3 Å². The van der Waals surface area contributed by atoms with Crippen LogP contribution < -0.4 is 5.32 Å². The van der Waals surface area contributed by atoms with Gasteiger partial charge in [-0.05, 0) is 13.3 Å². The highest BCUT2D eigenvalue weighted by atomic mass is 16.5. The molecule has 0 radical (unpaired) electrons. The van der Waals surface area contributed by atoms with Crippen molar-refractivity contribution in [1.82, 2.24) is 15.3 Å². The van der Waals surface area contributed by atoms with Crippen molar-refractivity contribution in [3.8, 4) is 0 Å². The summed E-state index contributed by atoms with van der Waals surface area (Å²) in [5, 5.41) is 3.58. The summed E-state index contributed by atoms with van der Waals surface area (Å²) in [5.41, 5.74) is 2.43. The highest BCUT2D eigenvalue weighted by Gasteiger charge is 2.47. The number of hydrogen-bond donors (Lipinski definition) is 2. The van der Waals surface area contributed by atoms with Crippen LogP contribution in [0.4, 0.5) is 0 Å². The van der Waals surface area contributed by atoms with Crippen LogP contribution in [0, 0.1) is 0 Å². The van der Waals surface area contributed by atoms with E-state index >= 15 is 0 Å². The average Bonchev–Trinajstić information content (AvgIpc) is 2.76. The fraction of sp³-hybridized carbons (Fsp3) is 0.700. The maximum Gasteiger partial charge on any atom is 0.0926 e. The Morgan fingerprint density at radius 1 is 1.64 bits per heavy atom. The summed E-state index contributed by atoms with van der Waals surface area (Å²) in [6, 6.07) is 0. The molecule has 2 atom stereocenters. The summed E-state index contributed by atoms with van der Waals surface area (Å²) in [4.78, 5) is 7.67. The van der Waals surface area contributed by atoms with Crippen LogP contribution in [0.3, 0.4) is 0 Å². The van der Waals surface area contributed by atoms with Gasteiger partial charge in [0.15, 0.2) is 0 Å². The van der Waals surface area contributed by atoms with Crippen molar-refractivity contribution in [3.63, 3.8) is 0 Å². The number of H-pyrrole nitrogens is 1. The molecule has 3 heterocycles. The second kappa shape index (κ2) is 2.81. The second-order valence-corrected chi connectivity index (χ2v) is 4.14. The molecule has 1 fully saturated rings. The lowest BCUT2D eigenvalue weighted by Crippen LogP contribution is -2.51. The molecule has 1 saturated heterocycles. The molecular weight excluding hydrogens is 178 g/mol. The van der Waals surface area contributed by atoms with Crippen molar-refractivity contribution < 1.29 is 4.74 Å². The van der Waals surface area contributed by atoms with E-state index in [1.165, 1.54) is 11.4 Å². The van der Waals surface area contributed by atoms with Crippen molar-refractivity contribution in [1.29, 1.82) is 0 Å². The molecule has 76 valence electrons. The topological polar surface area (TPSA) is 49.9 Å². The van der Waals surface area contributed by atoms with E-state index in [4.69, 9.17) is 4.74 Å². The van der Waals surface area contributed by atoms with Crippen LogP contribution in [0.5, 0.6) is 0 Å². The number of aromatic amines is 1. The van der Waals surface area contributed by atoms with Gasteiger partial charge in [-0.1, -0.05) is 0 Å². The third-order valence-corrected chi connectivity index (χ3v) is 3.51. The summed E-state index contributed by atoms with van der Waals surface area (Å²) in [6.07, 6.45) is 4.10. The molecule has 4 heteroatoms. The molecule has 0 bridgehead atoms. The van der Waals surface area contributed by atoms with Crippen LogP contribution in [0.2, 0.25) is 0 Å².